The zero-order chi connectivity index (χ0) is 23.5. The van der Waals surface area contributed by atoms with E-state index in [-0.39, 0.29) is 12.4 Å². The summed E-state index contributed by atoms with van der Waals surface area (Å²) in [5, 5.41) is 4.83. The Morgan fingerprint density at radius 1 is 0.971 bits per heavy atom. The van der Waals surface area contributed by atoms with E-state index in [4.69, 9.17) is 21.7 Å². The lowest BCUT2D eigenvalue weighted by Gasteiger charge is -2.26. The van der Waals surface area contributed by atoms with Gasteiger partial charge in [-0.25, -0.2) is 0 Å². The topological polar surface area (TPSA) is 66.6 Å². The molecular weight excluding hydrogens is 446 g/mol. The molecule has 0 saturated carbocycles. The number of ether oxygens (including phenoxy) is 2. The Morgan fingerprint density at radius 2 is 1.71 bits per heavy atom. The average Bonchev–Trinajstić information content (AvgIpc) is 3.30. The number of H-pyrrole nitrogens is 1. The molecule has 7 heteroatoms. The Hall–Kier alpha value is -3.84. The van der Waals surface area contributed by atoms with Gasteiger partial charge in [0.15, 0.2) is 16.6 Å². The molecule has 0 amide bonds. The zero-order valence-corrected chi connectivity index (χ0v) is 19.7. The predicted molar refractivity (Wildman–Crippen MR) is 137 cm³/mol. The molecule has 0 saturated heterocycles. The maximum atomic E-state index is 12.9. The molecule has 2 heterocycles. The van der Waals surface area contributed by atoms with Gasteiger partial charge in [-0.3, -0.25) is 4.79 Å². The number of nitrogens with zero attached hydrogens (tertiary/aromatic N) is 1. The molecule has 0 radical (unpaired) electrons. The van der Waals surface area contributed by atoms with Crippen LogP contribution in [-0.2, 0) is 19.6 Å². The highest BCUT2D eigenvalue weighted by molar-refractivity contribution is 7.80. The number of hydrogen-bond acceptors (Lipinski definition) is 4. The SMILES string of the molecule is Cc1ccc(CN(Cc2cc3cc4c(cc3[nH]c2=O)OCO4)C(=S)NCc2ccccc2)cc1. The fraction of sp³-hybridized carbons (Fsp3) is 0.185. The first kappa shape index (κ1) is 22.0. The van der Waals surface area contributed by atoms with E-state index in [1.807, 2.05) is 35.2 Å². The number of aryl methyl sites for hydroxylation is 1. The number of aromatic amines is 1. The molecule has 0 bridgehead atoms. The summed E-state index contributed by atoms with van der Waals surface area (Å²) in [5.41, 5.74) is 4.65. The first-order valence-electron chi connectivity index (χ1n) is 11.1. The normalized spacial score (nSPS) is 12.0. The lowest BCUT2D eigenvalue weighted by atomic mass is 10.1. The van der Waals surface area contributed by atoms with Crippen molar-refractivity contribution in [2.75, 3.05) is 6.79 Å². The largest absolute Gasteiger partial charge is 0.454 e. The second-order valence-electron chi connectivity index (χ2n) is 8.40. The van der Waals surface area contributed by atoms with Gasteiger partial charge >= 0.3 is 0 Å². The predicted octanol–water partition coefficient (Wildman–Crippen LogP) is 4.64. The van der Waals surface area contributed by atoms with E-state index in [9.17, 15) is 4.79 Å². The molecule has 0 spiro atoms. The van der Waals surface area contributed by atoms with Gasteiger partial charge in [0.25, 0.3) is 5.56 Å². The molecule has 2 N–H and O–H groups in total. The van der Waals surface area contributed by atoms with Crippen LogP contribution in [0, 0.1) is 6.92 Å². The van der Waals surface area contributed by atoms with Crippen LogP contribution in [0.3, 0.4) is 0 Å². The van der Waals surface area contributed by atoms with E-state index in [1.54, 1.807) is 6.07 Å². The molecule has 1 aromatic heterocycles. The highest BCUT2D eigenvalue weighted by atomic mass is 32.1. The maximum absolute atomic E-state index is 12.9. The molecular formula is C27H25N3O3S. The molecule has 0 unspecified atom stereocenters. The van der Waals surface area contributed by atoms with Gasteiger partial charge < -0.3 is 24.7 Å². The average molecular weight is 472 g/mol. The van der Waals surface area contributed by atoms with E-state index >= 15 is 0 Å². The molecule has 172 valence electrons. The van der Waals surface area contributed by atoms with Crippen LogP contribution in [-0.4, -0.2) is 21.8 Å². The second kappa shape index (κ2) is 9.57. The van der Waals surface area contributed by atoms with Crippen molar-refractivity contribution in [2.45, 2.75) is 26.6 Å². The highest BCUT2D eigenvalue weighted by Crippen LogP contribution is 2.35. The van der Waals surface area contributed by atoms with Crippen LogP contribution in [0.2, 0.25) is 0 Å². The molecule has 0 aliphatic carbocycles. The highest BCUT2D eigenvalue weighted by Gasteiger charge is 2.17. The third kappa shape index (κ3) is 4.89. The molecule has 1 aliphatic heterocycles. The Kier molecular flexibility index (Phi) is 6.18. The summed E-state index contributed by atoms with van der Waals surface area (Å²) in [6.45, 7) is 3.82. The minimum atomic E-state index is -0.147. The smallest absolute Gasteiger partial charge is 0.253 e. The number of thiocarbonyl (C=S) groups is 1. The molecule has 6 nitrogen and oxygen atoms in total. The summed E-state index contributed by atoms with van der Waals surface area (Å²) in [5.74, 6) is 1.32. The minimum Gasteiger partial charge on any atom is -0.454 e. The second-order valence-corrected chi connectivity index (χ2v) is 8.79. The van der Waals surface area contributed by atoms with E-state index in [0.717, 1.165) is 16.5 Å². The molecule has 3 aromatic carbocycles. The van der Waals surface area contributed by atoms with Gasteiger partial charge in [-0.15, -0.1) is 0 Å². The van der Waals surface area contributed by atoms with Gasteiger partial charge in [-0.1, -0.05) is 60.2 Å². The summed E-state index contributed by atoms with van der Waals surface area (Å²) in [6.07, 6.45) is 0. The standard InChI is InChI=1S/C27H25N3O3S/c1-18-7-9-20(10-8-18)15-30(27(34)28-14-19-5-3-2-4-6-19)16-22-11-21-12-24-25(33-17-32-24)13-23(21)29-26(22)31/h2-13H,14-17H2,1H3,(H,28,34)(H,29,31). The Morgan fingerprint density at radius 3 is 2.47 bits per heavy atom. The quantitative estimate of drug-likeness (QED) is 0.400. The molecule has 4 aromatic rings. The van der Waals surface area contributed by atoms with Crippen LogP contribution in [0.15, 0.2) is 77.6 Å². The summed E-state index contributed by atoms with van der Waals surface area (Å²) in [6, 6.07) is 24.1. The minimum absolute atomic E-state index is 0.147. The van der Waals surface area contributed by atoms with Crippen LogP contribution >= 0.6 is 12.2 Å². The van der Waals surface area contributed by atoms with Gasteiger partial charge in [0.05, 0.1) is 12.1 Å². The fourth-order valence-corrected chi connectivity index (χ4v) is 4.16. The van der Waals surface area contributed by atoms with Crippen LogP contribution in [0.5, 0.6) is 11.5 Å². The summed E-state index contributed by atoms with van der Waals surface area (Å²) in [7, 11) is 0. The Bertz CT molecular complexity index is 1380. The number of aromatic nitrogens is 1. The van der Waals surface area contributed by atoms with Crippen molar-refractivity contribution < 1.29 is 9.47 Å². The van der Waals surface area contributed by atoms with E-state index in [1.165, 1.54) is 5.56 Å². The molecule has 1 aliphatic rings. The van der Waals surface area contributed by atoms with Crippen molar-refractivity contribution in [3.05, 3.63) is 105 Å². The van der Waals surface area contributed by atoms with Crippen molar-refractivity contribution in [3.63, 3.8) is 0 Å². The summed E-state index contributed by atoms with van der Waals surface area (Å²) in [4.78, 5) is 18.0. The van der Waals surface area contributed by atoms with Gasteiger partial charge in [-0.2, -0.15) is 0 Å². The number of hydrogen-bond donors (Lipinski definition) is 2. The third-order valence-corrected chi connectivity index (χ3v) is 6.25. The maximum Gasteiger partial charge on any atom is 0.253 e. The Labute approximate surface area is 203 Å². The van der Waals surface area contributed by atoms with E-state index < -0.39 is 0 Å². The van der Waals surface area contributed by atoms with E-state index in [0.29, 0.717) is 47.3 Å². The number of fused-ring (bicyclic) bond motifs is 2. The molecule has 34 heavy (non-hydrogen) atoms. The molecule has 0 atom stereocenters. The van der Waals surface area contributed by atoms with Gasteiger partial charge in [0.1, 0.15) is 0 Å². The van der Waals surface area contributed by atoms with Crippen LogP contribution in [0.25, 0.3) is 10.9 Å². The van der Waals surface area contributed by atoms with E-state index in [2.05, 4.69) is 53.6 Å². The first-order chi connectivity index (χ1) is 16.5. The van der Waals surface area contributed by atoms with Crippen molar-refractivity contribution in [2.24, 2.45) is 0 Å². The lowest BCUT2D eigenvalue weighted by Crippen LogP contribution is -2.39. The molecule has 0 fully saturated rings. The van der Waals surface area contributed by atoms with Crippen molar-refractivity contribution >= 4 is 28.2 Å². The van der Waals surface area contributed by atoms with Crippen LogP contribution in [0.1, 0.15) is 22.3 Å². The zero-order valence-electron chi connectivity index (χ0n) is 18.8. The van der Waals surface area contributed by atoms with Crippen molar-refractivity contribution in [1.29, 1.82) is 0 Å². The summed E-state index contributed by atoms with van der Waals surface area (Å²) >= 11 is 5.77. The number of benzene rings is 3. The van der Waals surface area contributed by atoms with Crippen molar-refractivity contribution in [3.8, 4) is 11.5 Å². The van der Waals surface area contributed by atoms with Crippen molar-refractivity contribution in [1.82, 2.24) is 15.2 Å². The van der Waals surface area contributed by atoms with Gasteiger partial charge in [0.2, 0.25) is 6.79 Å². The monoisotopic (exact) mass is 471 g/mol. The number of rotatable bonds is 6. The van der Waals surface area contributed by atoms with Gasteiger partial charge in [0, 0.05) is 30.1 Å². The third-order valence-electron chi connectivity index (χ3n) is 5.84. The van der Waals surface area contributed by atoms with Gasteiger partial charge in [-0.05, 0) is 42.4 Å². The lowest BCUT2D eigenvalue weighted by molar-refractivity contribution is 0.174. The number of pyridine rings is 1. The van der Waals surface area contributed by atoms with Crippen LogP contribution < -0.4 is 20.3 Å². The molecule has 5 rings (SSSR count). The summed E-state index contributed by atoms with van der Waals surface area (Å²) < 4.78 is 10.9. The Balaban J connectivity index is 1.42. The van der Waals surface area contributed by atoms with Crippen LogP contribution in [0.4, 0.5) is 0 Å². The first-order valence-corrected chi connectivity index (χ1v) is 11.5. The fourth-order valence-electron chi connectivity index (χ4n) is 3.96. The number of nitrogens with one attached hydrogen (secondary N) is 2.